The number of benzene rings is 2. The fourth-order valence-corrected chi connectivity index (χ4v) is 4.88. The summed E-state index contributed by atoms with van der Waals surface area (Å²) in [5.74, 6) is 0.513. The Balaban J connectivity index is 1.64. The minimum atomic E-state index is -3.71. The molecule has 4 rings (SSSR count). The molecule has 28 heavy (non-hydrogen) atoms. The van der Waals surface area contributed by atoms with Crippen molar-refractivity contribution in [1.82, 2.24) is 4.68 Å². The Morgan fingerprint density at radius 3 is 2.61 bits per heavy atom. The molecule has 6 nitrogen and oxygen atoms in total. The number of nitrogens with one attached hydrogen (secondary N) is 1. The van der Waals surface area contributed by atoms with Crippen LogP contribution in [-0.2, 0) is 16.4 Å². The number of ether oxygens (including phenoxy) is 1. The first-order chi connectivity index (χ1) is 13.5. The van der Waals surface area contributed by atoms with Crippen molar-refractivity contribution in [2.75, 3.05) is 23.4 Å². The fraction of sp³-hybridized carbons (Fsp3) is 0.238. The number of fused-ring (bicyclic) bond motifs is 1. The van der Waals surface area contributed by atoms with Crippen molar-refractivity contribution in [2.45, 2.75) is 24.7 Å². The van der Waals surface area contributed by atoms with Gasteiger partial charge >= 0.3 is 0 Å². The Morgan fingerprint density at radius 2 is 1.86 bits per heavy atom. The van der Waals surface area contributed by atoms with Crippen LogP contribution in [0.25, 0.3) is 0 Å². The van der Waals surface area contributed by atoms with Crippen LogP contribution in [0.2, 0.25) is 0 Å². The zero-order chi connectivity index (χ0) is 19.7. The molecule has 0 radical (unpaired) electrons. The van der Waals surface area contributed by atoms with Gasteiger partial charge in [-0.05, 0) is 67.3 Å². The molecule has 146 valence electrons. The molecule has 0 atom stereocenters. The summed E-state index contributed by atoms with van der Waals surface area (Å²) in [4.78, 5) is 0.221. The highest BCUT2D eigenvalue weighted by molar-refractivity contribution is 7.92. The van der Waals surface area contributed by atoms with Crippen LogP contribution >= 0.6 is 0 Å². The molecule has 0 unspecified atom stereocenters. The molecule has 1 aliphatic heterocycles. The number of nitrogens with zero attached hydrogens (tertiary/aromatic N) is 2. The largest absolute Gasteiger partial charge is 0.497 e. The van der Waals surface area contributed by atoms with Crippen molar-refractivity contribution >= 4 is 21.4 Å². The molecule has 0 aliphatic carbocycles. The summed E-state index contributed by atoms with van der Waals surface area (Å²) in [5, 5.41) is 2.20. The van der Waals surface area contributed by atoms with Crippen molar-refractivity contribution in [1.29, 1.82) is 0 Å². The van der Waals surface area contributed by atoms with Crippen LogP contribution in [0.1, 0.15) is 17.5 Å². The monoisotopic (exact) mass is 397 g/mol. The van der Waals surface area contributed by atoms with Crippen LogP contribution in [0.15, 0.2) is 65.8 Å². The number of hydrogen-bond acceptors (Lipinski definition) is 4. The van der Waals surface area contributed by atoms with Crippen LogP contribution in [0, 0.1) is 6.92 Å². The third-order valence-electron chi connectivity index (χ3n) is 4.98. The molecule has 0 amide bonds. The van der Waals surface area contributed by atoms with E-state index in [1.165, 1.54) is 7.11 Å². The van der Waals surface area contributed by atoms with E-state index in [9.17, 15) is 8.42 Å². The van der Waals surface area contributed by atoms with Gasteiger partial charge in [-0.3, -0.25) is 14.4 Å². The van der Waals surface area contributed by atoms with Gasteiger partial charge in [-0.1, -0.05) is 6.07 Å². The van der Waals surface area contributed by atoms with Crippen LogP contribution in [0.5, 0.6) is 5.75 Å². The molecule has 1 aromatic heterocycles. The van der Waals surface area contributed by atoms with Crippen molar-refractivity contribution in [3.8, 4) is 5.75 Å². The van der Waals surface area contributed by atoms with Gasteiger partial charge in [-0.15, -0.1) is 0 Å². The maximum atomic E-state index is 12.9. The Kier molecular flexibility index (Phi) is 4.77. The van der Waals surface area contributed by atoms with E-state index < -0.39 is 10.0 Å². The van der Waals surface area contributed by atoms with Crippen molar-refractivity contribution in [3.63, 3.8) is 0 Å². The Morgan fingerprint density at radius 1 is 1.07 bits per heavy atom. The maximum Gasteiger partial charge on any atom is 0.262 e. The summed E-state index contributed by atoms with van der Waals surface area (Å²) in [6.45, 7) is 2.70. The van der Waals surface area contributed by atoms with Gasteiger partial charge in [-0.2, -0.15) is 0 Å². The number of rotatable bonds is 5. The number of sulfonamides is 1. The van der Waals surface area contributed by atoms with Gasteiger partial charge in [0.1, 0.15) is 5.75 Å². The molecule has 2 aromatic carbocycles. The number of aryl methyl sites for hydroxylation is 2. The lowest BCUT2D eigenvalue weighted by Crippen LogP contribution is -2.33. The van der Waals surface area contributed by atoms with E-state index in [1.54, 1.807) is 25.1 Å². The highest BCUT2D eigenvalue weighted by Crippen LogP contribution is 2.31. The second-order valence-corrected chi connectivity index (χ2v) is 8.52. The smallest absolute Gasteiger partial charge is 0.262 e. The Hall–Kier alpha value is -2.93. The summed E-state index contributed by atoms with van der Waals surface area (Å²) in [6, 6.07) is 14.7. The van der Waals surface area contributed by atoms with E-state index in [0.717, 1.165) is 30.6 Å². The van der Waals surface area contributed by atoms with Gasteiger partial charge in [0.25, 0.3) is 10.0 Å². The lowest BCUT2D eigenvalue weighted by Gasteiger charge is -2.32. The van der Waals surface area contributed by atoms with Crippen LogP contribution in [0.4, 0.5) is 11.4 Å². The molecular weight excluding hydrogens is 374 g/mol. The van der Waals surface area contributed by atoms with Crippen molar-refractivity contribution < 1.29 is 13.2 Å². The topological polar surface area (TPSA) is 63.6 Å². The highest BCUT2D eigenvalue weighted by atomic mass is 32.2. The fourth-order valence-electron chi connectivity index (χ4n) is 3.57. The first-order valence-corrected chi connectivity index (χ1v) is 10.7. The summed E-state index contributed by atoms with van der Waals surface area (Å²) in [7, 11) is -2.19. The van der Waals surface area contributed by atoms with E-state index in [-0.39, 0.29) is 4.90 Å². The third kappa shape index (κ3) is 3.45. The van der Waals surface area contributed by atoms with E-state index in [0.29, 0.717) is 17.0 Å². The lowest BCUT2D eigenvalue weighted by molar-refractivity contribution is 0.413. The quantitative estimate of drug-likeness (QED) is 0.711. The molecule has 0 saturated carbocycles. The van der Waals surface area contributed by atoms with E-state index in [1.807, 2.05) is 42.7 Å². The molecular formula is C21H23N3O3S. The second-order valence-electron chi connectivity index (χ2n) is 6.87. The lowest BCUT2D eigenvalue weighted by atomic mass is 10.0. The average molecular weight is 398 g/mol. The zero-order valence-electron chi connectivity index (χ0n) is 15.9. The van der Waals surface area contributed by atoms with Gasteiger partial charge in [-0.25, -0.2) is 8.42 Å². The Bertz CT molecular complexity index is 1090. The summed E-state index contributed by atoms with van der Waals surface area (Å²) >= 11 is 0. The summed E-state index contributed by atoms with van der Waals surface area (Å²) < 4.78 is 35.8. The predicted molar refractivity (Wildman–Crippen MR) is 110 cm³/mol. The standard InChI is InChI=1S/C21H23N3O3S/c1-16-7-9-19(27-2)15-21(16)28(25,26)22-18-8-10-20-17(14-18)6-5-13-24(20)23-11-3-4-12-23/h3-4,7-12,14-15,22H,5-6,13H2,1-2H3. The average Bonchev–Trinajstić information content (AvgIpc) is 3.22. The van der Waals surface area contributed by atoms with Gasteiger partial charge < -0.3 is 4.74 Å². The minimum Gasteiger partial charge on any atom is -0.497 e. The van der Waals surface area contributed by atoms with E-state index >= 15 is 0 Å². The number of anilines is 2. The van der Waals surface area contributed by atoms with Crippen molar-refractivity contribution in [3.05, 3.63) is 72.1 Å². The number of aromatic nitrogens is 1. The summed E-state index contributed by atoms with van der Waals surface area (Å²) in [5.41, 5.74) is 3.46. The molecule has 7 heteroatoms. The van der Waals surface area contributed by atoms with Gasteiger partial charge in [0, 0.05) is 30.7 Å². The van der Waals surface area contributed by atoms with Gasteiger partial charge in [0.05, 0.1) is 17.7 Å². The van der Waals surface area contributed by atoms with Crippen LogP contribution < -0.4 is 14.5 Å². The predicted octanol–water partition coefficient (Wildman–Crippen LogP) is 3.82. The number of methoxy groups -OCH3 is 1. The van der Waals surface area contributed by atoms with Gasteiger partial charge in [0.15, 0.2) is 0 Å². The Labute approximate surface area is 165 Å². The third-order valence-corrected chi connectivity index (χ3v) is 6.50. The van der Waals surface area contributed by atoms with Crippen LogP contribution in [0.3, 0.4) is 0 Å². The molecule has 0 saturated heterocycles. The molecule has 2 heterocycles. The van der Waals surface area contributed by atoms with Crippen molar-refractivity contribution in [2.24, 2.45) is 0 Å². The normalized spacial score (nSPS) is 13.9. The molecule has 1 N–H and O–H groups in total. The first-order valence-electron chi connectivity index (χ1n) is 9.19. The zero-order valence-corrected chi connectivity index (χ0v) is 16.7. The first kappa shape index (κ1) is 18.4. The maximum absolute atomic E-state index is 12.9. The second kappa shape index (κ2) is 7.24. The molecule has 3 aromatic rings. The highest BCUT2D eigenvalue weighted by Gasteiger charge is 2.21. The van der Waals surface area contributed by atoms with E-state index in [2.05, 4.69) is 14.4 Å². The van der Waals surface area contributed by atoms with Crippen LogP contribution in [-0.4, -0.2) is 26.7 Å². The molecule has 1 aliphatic rings. The molecule has 0 bridgehead atoms. The summed E-state index contributed by atoms with van der Waals surface area (Å²) in [6.07, 6.45) is 5.95. The SMILES string of the molecule is COc1ccc(C)c(S(=O)(=O)Nc2ccc3c(c2)CCCN3n2cccc2)c1. The minimum absolute atomic E-state index is 0.221. The molecule has 0 spiro atoms. The molecule has 0 fully saturated rings. The van der Waals surface area contributed by atoms with Gasteiger partial charge in [0.2, 0.25) is 0 Å². The van der Waals surface area contributed by atoms with E-state index in [4.69, 9.17) is 4.74 Å². The number of hydrogen-bond donors (Lipinski definition) is 1.